The number of primary amides is 1. The Hall–Kier alpha value is -1.51. The Labute approximate surface area is 108 Å². The van der Waals surface area contributed by atoms with Crippen molar-refractivity contribution < 1.29 is 4.79 Å². The van der Waals surface area contributed by atoms with Crippen LogP contribution in [0.3, 0.4) is 0 Å². The molecule has 1 heterocycles. The van der Waals surface area contributed by atoms with Gasteiger partial charge in [0.25, 0.3) is 0 Å². The van der Waals surface area contributed by atoms with Gasteiger partial charge >= 0.3 is 6.03 Å². The number of nitrogens with zero attached hydrogens (tertiary/aromatic N) is 1. The lowest BCUT2D eigenvalue weighted by atomic mass is 9.81. The van der Waals surface area contributed by atoms with Crippen molar-refractivity contribution in [3.63, 3.8) is 0 Å². The first kappa shape index (κ1) is 11.6. The first-order valence-corrected chi connectivity index (χ1v) is 6.91. The zero-order valence-electron chi connectivity index (χ0n) is 10.6. The highest BCUT2D eigenvalue weighted by molar-refractivity contribution is 5.74. The van der Waals surface area contributed by atoms with Crippen LogP contribution in [0.1, 0.15) is 49.3 Å². The molecule has 3 heteroatoms. The largest absolute Gasteiger partial charge is 0.351 e. The van der Waals surface area contributed by atoms with Crippen LogP contribution in [0.25, 0.3) is 0 Å². The van der Waals surface area contributed by atoms with Crippen molar-refractivity contribution in [3.8, 4) is 0 Å². The Bertz CT molecular complexity index is 452. The van der Waals surface area contributed by atoms with E-state index in [4.69, 9.17) is 5.73 Å². The zero-order chi connectivity index (χ0) is 12.5. The normalized spacial score (nSPS) is 24.0. The summed E-state index contributed by atoms with van der Waals surface area (Å²) < 4.78 is 0. The molecule has 3 rings (SSSR count). The van der Waals surface area contributed by atoms with E-state index in [9.17, 15) is 4.79 Å². The average Bonchev–Trinajstić information content (AvgIpc) is 2.79. The summed E-state index contributed by atoms with van der Waals surface area (Å²) in [5.41, 5.74) is 8.15. The number of hydrogen-bond acceptors (Lipinski definition) is 1. The van der Waals surface area contributed by atoms with Crippen molar-refractivity contribution in [1.82, 2.24) is 4.90 Å². The van der Waals surface area contributed by atoms with Crippen LogP contribution >= 0.6 is 0 Å². The van der Waals surface area contributed by atoms with Gasteiger partial charge in [-0.2, -0.15) is 0 Å². The number of fused-ring (bicyclic) bond motifs is 1. The first-order valence-electron chi connectivity index (χ1n) is 6.91. The highest BCUT2D eigenvalue weighted by atomic mass is 16.2. The van der Waals surface area contributed by atoms with Gasteiger partial charge in [-0.1, -0.05) is 43.5 Å². The maximum atomic E-state index is 11.7. The average molecular weight is 244 g/mol. The quantitative estimate of drug-likeness (QED) is 0.810. The summed E-state index contributed by atoms with van der Waals surface area (Å²) in [6.07, 6.45) is 6.36. The van der Waals surface area contributed by atoms with E-state index in [0.29, 0.717) is 12.5 Å². The smallest absolute Gasteiger partial charge is 0.315 e. The predicted octanol–water partition coefficient (Wildman–Crippen LogP) is 3.20. The van der Waals surface area contributed by atoms with Crippen molar-refractivity contribution in [2.45, 2.75) is 44.7 Å². The molecule has 1 unspecified atom stereocenters. The Morgan fingerprint density at radius 3 is 2.61 bits per heavy atom. The van der Waals surface area contributed by atoms with Crippen molar-refractivity contribution >= 4 is 6.03 Å². The fraction of sp³-hybridized carbons (Fsp3) is 0.533. The van der Waals surface area contributed by atoms with E-state index in [0.717, 1.165) is 0 Å². The summed E-state index contributed by atoms with van der Waals surface area (Å²) in [6, 6.07) is 8.34. The lowest BCUT2D eigenvalue weighted by molar-refractivity contribution is 0.146. The Morgan fingerprint density at radius 2 is 1.89 bits per heavy atom. The summed E-state index contributed by atoms with van der Waals surface area (Å²) in [4.78, 5) is 13.5. The molecule has 0 saturated heterocycles. The molecule has 1 aromatic carbocycles. The van der Waals surface area contributed by atoms with Gasteiger partial charge in [0.05, 0.1) is 6.04 Å². The molecule has 1 fully saturated rings. The Kier molecular flexibility index (Phi) is 2.98. The van der Waals surface area contributed by atoms with Gasteiger partial charge in [0.1, 0.15) is 0 Å². The summed E-state index contributed by atoms with van der Waals surface area (Å²) in [7, 11) is 0. The molecule has 0 aromatic heterocycles. The van der Waals surface area contributed by atoms with Crippen LogP contribution in [0.15, 0.2) is 24.3 Å². The molecule has 2 N–H and O–H groups in total. The second-order valence-electron chi connectivity index (χ2n) is 5.51. The maximum absolute atomic E-state index is 11.7. The minimum Gasteiger partial charge on any atom is -0.351 e. The highest BCUT2D eigenvalue weighted by Crippen LogP contribution is 2.43. The van der Waals surface area contributed by atoms with Gasteiger partial charge in [-0.15, -0.1) is 0 Å². The monoisotopic (exact) mass is 244 g/mol. The lowest BCUT2D eigenvalue weighted by Gasteiger charge is -2.33. The Balaban J connectivity index is 1.94. The van der Waals surface area contributed by atoms with Gasteiger partial charge in [0.2, 0.25) is 0 Å². The molecule has 2 aliphatic rings. The molecule has 2 amide bonds. The molecule has 0 radical (unpaired) electrons. The summed E-state index contributed by atoms with van der Waals surface area (Å²) in [5, 5.41) is 0. The van der Waals surface area contributed by atoms with E-state index < -0.39 is 0 Å². The van der Waals surface area contributed by atoms with E-state index in [-0.39, 0.29) is 12.1 Å². The summed E-state index contributed by atoms with van der Waals surface area (Å²) >= 11 is 0. The zero-order valence-corrected chi connectivity index (χ0v) is 10.6. The van der Waals surface area contributed by atoms with Crippen LogP contribution in [0.5, 0.6) is 0 Å². The number of urea groups is 1. The number of nitrogens with two attached hydrogens (primary N) is 1. The van der Waals surface area contributed by atoms with E-state index in [1.807, 2.05) is 11.0 Å². The number of carbonyl (C=O) groups excluding carboxylic acids is 1. The first-order chi connectivity index (χ1) is 8.77. The van der Waals surface area contributed by atoms with Crippen LogP contribution in [-0.4, -0.2) is 10.9 Å². The van der Waals surface area contributed by atoms with Crippen LogP contribution in [0, 0.1) is 5.92 Å². The topological polar surface area (TPSA) is 46.3 Å². The molecular formula is C15H20N2O. The Morgan fingerprint density at radius 1 is 1.17 bits per heavy atom. The number of carbonyl (C=O) groups is 1. The fourth-order valence-electron chi connectivity index (χ4n) is 3.59. The van der Waals surface area contributed by atoms with Crippen molar-refractivity contribution in [3.05, 3.63) is 35.4 Å². The minimum atomic E-state index is -0.276. The van der Waals surface area contributed by atoms with E-state index >= 15 is 0 Å². The fourth-order valence-corrected chi connectivity index (χ4v) is 3.59. The molecular weight excluding hydrogens is 224 g/mol. The highest BCUT2D eigenvalue weighted by Gasteiger charge is 2.37. The van der Waals surface area contributed by atoms with Crippen molar-refractivity contribution in [2.24, 2.45) is 11.7 Å². The van der Waals surface area contributed by atoms with Gasteiger partial charge < -0.3 is 10.6 Å². The van der Waals surface area contributed by atoms with E-state index in [1.54, 1.807) is 0 Å². The second-order valence-corrected chi connectivity index (χ2v) is 5.51. The van der Waals surface area contributed by atoms with Crippen molar-refractivity contribution in [2.75, 3.05) is 0 Å². The molecule has 1 aromatic rings. The van der Waals surface area contributed by atoms with Crippen LogP contribution < -0.4 is 5.73 Å². The molecule has 96 valence electrons. The third kappa shape index (κ3) is 1.88. The predicted molar refractivity (Wildman–Crippen MR) is 70.9 cm³/mol. The summed E-state index contributed by atoms with van der Waals surface area (Å²) in [5.74, 6) is 0.592. The number of amides is 2. The van der Waals surface area contributed by atoms with Crippen LogP contribution in [-0.2, 0) is 6.54 Å². The molecule has 3 nitrogen and oxygen atoms in total. The van der Waals surface area contributed by atoms with Gasteiger partial charge in [-0.3, -0.25) is 0 Å². The van der Waals surface area contributed by atoms with Gasteiger partial charge in [0.15, 0.2) is 0 Å². The second kappa shape index (κ2) is 4.63. The van der Waals surface area contributed by atoms with Gasteiger partial charge in [-0.25, -0.2) is 4.79 Å². The molecule has 1 aliphatic carbocycles. The molecule has 1 atom stereocenters. The van der Waals surface area contributed by atoms with Gasteiger partial charge in [0, 0.05) is 6.54 Å². The molecule has 1 aliphatic heterocycles. The molecule has 18 heavy (non-hydrogen) atoms. The van der Waals surface area contributed by atoms with Crippen molar-refractivity contribution in [1.29, 1.82) is 0 Å². The van der Waals surface area contributed by atoms with Crippen LogP contribution in [0.4, 0.5) is 4.79 Å². The maximum Gasteiger partial charge on any atom is 0.315 e. The standard InChI is InChI=1S/C15H20N2O/c16-15(18)17-10-12-8-4-5-9-13(12)14(17)11-6-2-1-3-7-11/h4-5,8-9,11,14H,1-3,6-7,10H2,(H2,16,18). The lowest BCUT2D eigenvalue weighted by Crippen LogP contribution is -2.37. The van der Waals surface area contributed by atoms with Gasteiger partial charge in [-0.05, 0) is 29.9 Å². The molecule has 1 saturated carbocycles. The molecule has 0 bridgehead atoms. The molecule has 0 spiro atoms. The third-order valence-corrected chi connectivity index (χ3v) is 4.43. The number of rotatable bonds is 1. The van der Waals surface area contributed by atoms with Crippen LogP contribution in [0.2, 0.25) is 0 Å². The third-order valence-electron chi connectivity index (χ3n) is 4.43. The minimum absolute atomic E-state index is 0.221. The number of benzene rings is 1. The van der Waals surface area contributed by atoms with E-state index in [1.165, 1.54) is 43.2 Å². The SMILES string of the molecule is NC(=O)N1Cc2ccccc2C1C1CCCCC1. The summed E-state index contributed by atoms with van der Waals surface area (Å²) in [6.45, 7) is 0.687. The van der Waals surface area contributed by atoms with E-state index in [2.05, 4.69) is 18.2 Å². The number of hydrogen-bond donors (Lipinski definition) is 1.